The lowest BCUT2D eigenvalue weighted by Crippen LogP contribution is -2.19. The van der Waals surface area contributed by atoms with Crippen molar-refractivity contribution in [3.05, 3.63) is 23.8 Å². The van der Waals surface area contributed by atoms with Crippen LogP contribution in [0.3, 0.4) is 0 Å². The van der Waals surface area contributed by atoms with E-state index in [-0.39, 0.29) is 5.97 Å². The molecule has 0 aliphatic rings. The molecule has 100 valence electrons. The predicted molar refractivity (Wildman–Crippen MR) is 74.8 cm³/mol. The summed E-state index contributed by atoms with van der Waals surface area (Å²) in [4.78, 5) is 11.4. The maximum Gasteiger partial charge on any atom is 0.337 e. The van der Waals surface area contributed by atoms with Gasteiger partial charge in [-0.05, 0) is 31.0 Å². The van der Waals surface area contributed by atoms with Gasteiger partial charge in [0.25, 0.3) is 0 Å². The Kier molecular flexibility index (Phi) is 5.49. The molecule has 0 aromatic heterocycles. The van der Waals surface area contributed by atoms with Gasteiger partial charge < -0.3 is 15.8 Å². The van der Waals surface area contributed by atoms with E-state index < -0.39 is 0 Å². The Morgan fingerprint density at radius 2 is 2.17 bits per heavy atom. The average Bonchev–Trinajstić information content (AvgIpc) is 2.39. The van der Waals surface area contributed by atoms with Crippen molar-refractivity contribution >= 4 is 17.3 Å². The molecule has 0 heterocycles. The zero-order valence-electron chi connectivity index (χ0n) is 11.3. The van der Waals surface area contributed by atoms with Gasteiger partial charge in [-0.1, -0.05) is 20.3 Å². The van der Waals surface area contributed by atoms with E-state index in [0.29, 0.717) is 17.3 Å². The second-order valence-corrected chi connectivity index (χ2v) is 4.33. The molecule has 18 heavy (non-hydrogen) atoms. The van der Waals surface area contributed by atoms with Gasteiger partial charge in [0.2, 0.25) is 0 Å². The molecule has 0 spiro atoms. The Labute approximate surface area is 109 Å². The highest BCUT2D eigenvalue weighted by molar-refractivity contribution is 5.91. The number of hydrogen-bond donors (Lipinski definition) is 2. The van der Waals surface area contributed by atoms with Gasteiger partial charge in [-0.3, -0.25) is 0 Å². The van der Waals surface area contributed by atoms with Crippen LogP contribution in [0.4, 0.5) is 11.4 Å². The van der Waals surface area contributed by atoms with E-state index in [1.807, 2.05) is 6.07 Å². The van der Waals surface area contributed by atoms with E-state index in [4.69, 9.17) is 5.73 Å². The summed E-state index contributed by atoms with van der Waals surface area (Å²) in [6, 6.07) is 5.62. The molecule has 0 aliphatic carbocycles. The average molecular weight is 250 g/mol. The molecular weight excluding hydrogens is 228 g/mol. The topological polar surface area (TPSA) is 64.3 Å². The normalized spacial score (nSPS) is 11.9. The highest BCUT2D eigenvalue weighted by Gasteiger charge is 2.10. The Morgan fingerprint density at radius 3 is 2.67 bits per heavy atom. The van der Waals surface area contributed by atoms with E-state index in [9.17, 15) is 4.79 Å². The lowest BCUT2D eigenvalue weighted by Gasteiger charge is -2.19. The van der Waals surface area contributed by atoms with Crippen LogP contribution < -0.4 is 11.1 Å². The smallest absolute Gasteiger partial charge is 0.337 e. The molecule has 0 bridgehead atoms. The van der Waals surface area contributed by atoms with Crippen molar-refractivity contribution < 1.29 is 9.53 Å². The Hall–Kier alpha value is -1.71. The van der Waals surface area contributed by atoms with Crippen LogP contribution in [0.25, 0.3) is 0 Å². The number of methoxy groups -OCH3 is 1. The van der Waals surface area contributed by atoms with Gasteiger partial charge in [-0.15, -0.1) is 0 Å². The summed E-state index contributed by atoms with van der Waals surface area (Å²) in [7, 11) is 1.36. The number of ether oxygens (including phenoxy) is 1. The minimum Gasteiger partial charge on any atom is -0.465 e. The van der Waals surface area contributed by atoms with Crippen molar-refractivity contribution in [1.29, 1.82) is 0 Å². The third kappa shape index (κ3) is 3.65. The van der Waals surface area contributed by atoms with E-state index >= 15 is 0 Å². The molecule has 0 aliphatic heterocycles. The molecule has 1 aromatic carbocycles. The monoisotopic (exact) mass is 250 g/mol. The fraction of sp³-hybridized carbons (Fsp3) is 0.500. The summed E-state index contributed by atoms with van der Waals surface area (Å²) in [6.07, 6.45) is 3.28. The number of nitrogens with two attached hydrogens (primary N) is 1. The first kappa shape index (κ1) is 14.4. The molecular formula is C14H22N2O2. The molecule has 3 N–H and O–H groups in total. The van der Waals surface area contributed by atoms with E-state index in [1.165, 1.54) is 7.11 Å². The molecule has 1 rings (SSSR count). The van der Waals surface area contributed by atoms with Crippen LogP contribution in [0.5, 0.6) is 0 Å². The third-order valence-electron chi connectivity index (χ3n) is 2.96. The van der Waals surface area contributed by atoms with Crippen molar-refractivity contribution in [2.45, 2.75) is 39.2 Å². The van der Waals surface area contributed by atoms with Crippen LogP contribution in [-0.2, 0) is 4.74 Å². The van der Waals surface area contributed by atoms with Crippen LogP contribution in [0.15, 0.2) is 18.2 Å². The van der Waals surface area contributed by atoms with Crippen LogP contribution in [0.2, 0.25) is 0 Å². The molecule has 1 aromatic rings. The van der Waals surface area contributed by atoms with Crippen molar-refractivity contribution in [1.82, 2.24) is 0 Å². The summed E-state index contributed by atoms with van der Waals surface area (Å²) in [6.45, 7) is 4.31. The lowest BCUT2D eigenvalue weighted by molar-refractivity contribution is 0.0601. The number of benzene rings is 1. The molecule has 0 saturated carbocycles. The second kappa shape index (κ2) is 6.89. The highest BCUT2D eigenvalue weighted by atomic mass is 16.5. The van der Waals surface area contributed by atoms with Gasteiger partial charge in [-0.25, -0.2) is 4.79 Å². The summed E-state index contributed by atoms with van der Waals surface area (Å²) in [5.41, 5.74) is 7.87. The van der Waals surface area contributed by atoms with Gasteiger partial charge in [0.1, 0.15) is 0 Å². The predicted octanol–water partition coefficient (Wildman–Crippen LogP) is 3.05. The first-order valence-corrected chi connectivity index (χ1v) is 6.36. The fourth-order valence-corrected chi connectivity index (χ4v) is 1.89. The molecule has 0 amide bonds. The first-order chi connectivity index (χ1) is 8.62. The Bertz CT molecular complexity index is 405. The number of carbonyl (C=O) groups excluding carboxylic acids is 1. The summed E-state index contributed by atoms with van der Waals surface area (Å²) >= 11 is 0. The molecule has 4 heteroatoms. The van der Waals surface area contributed by atoms with Gasteiger partial charge in [0, 0.05) is 6.04 Å². The number of anilines is 2. The molecule has 0 fully saturated rings. The summed E-state index contributed by atoms with van der Waals surface area (Å²) in [5, 5.41) is 3.40. The Morgan fingerprint density at radius 1 is 1.44 bits per heavy atom. The highest BCUT2D eigenvalue weighted by Crippen LogP contribution is 2.22. The zero-order chi connectivity index (χ0) is 13.5. The molecule has 1 unspecified atom stereocenters. The summed E-state index contributed by atoms with van der Waals surface area (Å²) in [5.74, 6) is -0.367. The van der Waals surface area contributed by atoms with Crippen molar-refractivity contribution in [2.24, 2.45) is 0 Å². The fourth-order valence-electron chi connectivity index (χ4n) is 1.89. The number of nitrogen functional groups attached to an aromatic ring is 1. The largest absolute Gasteiger partial charge is 0.465 e. The van der Waals surface area contributed by atoms with Crippen LogP contribution in [-0.4, -0.2) is 19.1 Å². The SMILES string of the molecule is CCCC(CC)Nc1ccc(C(=O)OC)cc1N. The molecule has 4 nitrogen and oxygen atoms in total. The quantitative estimate of drug-likeness (QED) is 0.601. The number of nitrogens with one attached hydrogen (secondary N) is 1. The number of carbonyl (C=O) groups is 1. The van der Waals surface area contributed by atoms with Crippen molar-refractivity contribution in [3.63, 3.8) is 0 Å². The minimum absolute atomic E-state index is 0.367. The van der Waals surface area contributed by atoms with E-state index in [1.54, 1.807) is 12.1 Å². The van der Waals surface area contributed by atoms with Crippen LogP contribution >= 0.6 is 0 Å². The molecule has 1 atom stereocenters. The number of esters is 1. The number of hydrogen-bond acceptors (Lipinski definition) is 4. The van der Waals surface area contributed by atoms with Gasteiger partial charge in [-0.2, -0.15) is 0 Å². The van der Waals surface area contributed by atoms with Gasteiger partial charge in [0.15, 0.2) is 0 Å². The lowest BCUT2D eigenvalue weighted by atomic mass is 10.1. The Balaban J connectivity index is 2.82. The second-order valence-electron chi connectivity index (χ2n) is 4.33. The van der Waals surface area contributed by atoms with E-state index in [2.05, 4.69) is 23.9 Å². The molecule has 0 saturated heterocycles. The van der Waals surface area contributed by atoms with Gasteiger partial charge in [0.05, 0.1) is 24.0 Å². The standard InChI is InChI=1S/C14H22N2O2/c1-4-6-11(5-2)16-13-8-7-10(9-12(13)15)14(17)18-3/h7-9,11,16H,4-6,15H2,1-3H3. The zero-order valence-corrected chi connectivity index (χ0v) is 11.3. The van der Waals surface area contributed by atoms with E-state index in [0.717, 1.165) is 24.9 Å². The van der Waals surface area contributed by atoms with Crippen molar-refractivity contribution in [3.8, 4) is 0 Å². The van der Waals surface area contributed by atoms with Gasteiger partial charge >= 0.3 is 5.97 Å². The first-order valence-electron chi connectivity index (χ1n) is 6.36. The maximum atomic E-state index is 11.4. The maximum absolute atomic E-state index is 11.4. The summed E-state index contributed by atoms with van der Waals surface area (Å²) < 4.78 is 4.66. The third-order valence-corrected chi connectivity index (χ3v) is 2.96. The van der Waals surface area contributed by atoms with Crippen LogP contribution in [0.1, 0.15) is 43.5 Å². The number of rotatable bonds is 6. The molecule has 0 radical (unpaired) electrons. The van der Waals surface area contributed by atoms with Crippen LogP contribution in [0, 0.1) is 0 Å². The minimum atomic E-state index is -0.367. The van der Waals surface area contributed by atoms with Crippen molar-refractivity contribution in [2.75, 3.05) is 18.2 Å².